The first-order valence-corrected chi connectivity index (χ1v) is 7.27. The summed E-state index contributed by atoms with van der Waals surface area (Å²) in [6.07, 6.45) is 3.87. The van der Waals surface area contributed by atoms with Gasteiger partial charge in [-0.05, 0) is 37.1 Å². The molecule has 19 heavy (non-hydrogen) atoms. The van der Waals surface area contributed by atoms with Crippen LogP contribution in [0.3, 0.4) is 0 Å². The molecule has 102 valence electrons. The Labute approximate surface area is 114 Å². The van der Waals surface area contributed by atoms with Gasteiger partial charge < -0.3 is 10.3 Å². The Kier molecular flexibility index (Phi) is 3.09. The number of H-pyrrole nitrogens is 1. The van der Waals surface area contributed by atoms with Crippen molar-refractivity contribution in [2.45, 2.75) is 51.5 Å². The summed E-state index contributed by atoms with van der Waals surface area (Å²) in [5.41, 5.74) is 3.69. The standard InChI is InChI=1S/C16H23N3/c1-16(2,3)15-18-13-8-7-11(10-14(13)19-15)12-6-4-5-9-17-12/h7-8,10,12,17H,4-6,9H2,1-3H3,(H,18,19). The number of nitrogens with one attached hydrogen (secondary N) is 2. The number of aromatic nitrogens is 2. The lowest BCUT2D eigenvalue weighted by Gasteiger charge is -2.23. The average molecular weight is 257 g/mol. The lowest BCUT2D eigenvalue weighted by Crippen LogP contribution is -2.26. The number of rotatable bonds is 1. The molecule has 2 heterocycles. The van der Waals surface area contributed by atoms with Crippen molar-refractivity contribution in [1.82, 2.24) is 15.3 Å². The molecule has 0 spiro atoms. The third kappa shape index (κ3) is 2.52. The number of benzene rings is 1. The smallest absolute Gasteiger partial charge is 0.112 e. The van der Waals surface area contributed by atoms with Gasteiger partial charge in [-0.2, -0.15) is 0 Å². The number of nitrogens with zero attached hydrogens (tertiary/aromatic N) is 1. The van der Waals surface area contributed by atoms with Gasteiger partial charge in [-0.1, -0.05) is 33.3 Å². The first-order chi connectivity index (χ1) is 9.04. The number of hydrogen-bond donors (Lipinski definition) is 2. The van der Waals surface area contributed by atoms with Crippen molar-refractivity contribution in [3.63, 3.8) is 0 Å². The summed E-state index contributed by atoms with van der Waals surface area (Å²) in [6.45, 7) is 7.70. The van der Waals surface area contributed by atoms with Gasteiger partial charge in [0.1, 0.15) is 5.82 Å². The van der Waals surface area contributed by atoms with Gasteiger partial charge >= 0.3 is 0 Å². The largest absolute Gasteiger partial charge is 0.342 e. The van der Waals surface area contributed by atoms with Crippen LogP contribution in [0.25, 0.3) is 11.0 Å². The Bertz CT molecular complexity index is 571. The molecule has 2 aromatic rings. The van der Waals surface area contributed by atoms with E-state index in [1.165, 1.54) is 24.8 Å². The van der Waals surface area contributed by atoms with E-state index in [0.29, 0.717) is 6.04 Å². The first kappa shape index (κ1) is 12.7. The van der Waals surface area contributed by atoms with E-state index in [9.17, 15) is 0 Å². The summed E-state index contributed by atoms with van der Waals surface area (Å²) in [5.74, 6) is 1.07. The maximum absolute atomic E-state index is 4.69. The SMILES string of the molecule is CC(C)(C)c1nc2ccc(C3CCCCN3)cc2[nH]1. The molecule has 0 bridgehead atoms. The van der Waals surface area contributed by atoms with Crippen molar-refractivity contribution in [1.29, 1.82) is 0 Å². The average Bonchev–Trinajstić information content (AvgIpc) is 2.82. The molecule has 1 fully saturated rings. The highest BCUT2D eigenvalue weighted by molar-refractivity contribution is 5.76. The Morgan fingerprint density at radius 3 is 2.74 bits per heavy atom. The third-order valence-electron chi connectivity index (χ3n) is 3.93. The van der Waals surface area contributed by atoms with E-state index in [1.54, 1.807) is 0 Å². The van der Waals surface area contributed by atoms with Gasteiger partial charge in [0.15, 0.2) is 0 Å². The van der Waals surface area contributed by atoms with Gasteiger partial charge in [0.2, 0.25) is 0 Å². The number of piperidine rings is 1. The van der Waals surface area contributed by atoms with Crippen LogP contribution in [0.4, 0.5) is 0 Å². The highest BCUT2D eigenvalue weighted by Crippen LogP contribution is 2.27. The first-order valence-electron chi connectivity index (χ1n) is 7.27. The predicted octanol–water partition coefficient (Wildman–Crippen LogP) is 3.68. The second kappa shape index (κ2) is 4.64. The lowest BCUT2D eigenvalue weighted by molar-refractivity contribution is 0.412. The van der Waals surface area contributed by atoms with Crippen molar-refractivity contribution < 1.29 is 0 Å². The quantitative estimate of drug-likeness (QED) is 0.818. The maximum Gasteiger partial charge on any atom is 0.112 e. The Hall–Kier alpha value is -1.35. The summed E-state index contributed by atoms with van der Waals surface area (Å²) >= 11 is 0. The monoisotopic (exact) mass is 257 g/mol. The number of aromatic amines is 1. The van der Waals surface area contributed by atoms with E-state index in [1.807, 2.05) is 0 Å². The topological polar surface area (TPSA) is 40.7 Å². The van der Waals surface area contributed by atoms with Crippen LogP contribution in [-0.4, -0.2) is 16.5 Å². The minimum absolute atomic E-state index is 0.0717. The van der Waals surface area contributed by atoms with Crippen LogP contribution in [0.15, 0.2) is 18.2 Å². The Morgan fingerprint density at radius 2 is 2.05 bits per heavy atom. The van der Waals surface area contributed by atoms with Gasteiger partial charge in [-0.25, -0.2) is 4.98 Å². The second-order valence-corrected chi connectivity index (χ2v) is 6.61. The minimum Gasteiger partial charge on any atom is -0.342 e. The van der Waals surface area contributed by atoms with E-state index in [2.05, 4.69) is 49.3 Å². The van der Waals surface area contributed by atoms with Crippen LogP contribution in [0, 0.1) is 0 Å². The summed E-state index contributed by atoms with van der Waals surface area (Å²) in [5, 5.41) is 3.60. The fourth-order valence-corrected chi connectivity index (χ4v) is 2.74. The zero-order chi connectivity index (χ0) is 13.5. The van der Waals surface area contributed by atoms with E-state index in [4.69, 9.17) is 4.98 Å². The molecule has 1 aromatic heterocycles. The van der Waals surface area contributed by atoms with E-state index < -0.39 is 0 Å². The molecule has 1 aliphatic heterocycles. The number of hydrogen-bond acceptors (Lipinski definition) is 2. The van der Waals surface area contributed by atoms with Crippen molar-refractivity contribution in [2.24, 2.45) is 0 Å². The van der Waals surface area contributed by atoms with E-state index >= 15 is 0 Å². The molecule has 1 aromatic carbocycles. The molecule has 1 saturated heterocycles. The summed E-state index contributed by atoms with van der Waals surface area (Å²) in [7, 11) is 0. The molecule has 2 N–H and O–H groups in total. The van der Waals surface area contributed by atoms with Crippen LogP contribution < -0.4 is 5.32 Å². The Morgan fingerprint density at radius 1 is 1.21 bits per heavy atom. The molecule has 3 nitrogen and oxygen atoms in total. The third-order valence-corrected chi connectivity index (χ3v) is 3.93. The molecule has 3 heteroatoms. The minimum atomic E-state index is 0.0717. The molecule has 0 radical (unpaired) electrons. The lowest BCUT2D eigenvalue weighted by atomic mass is 9.96. The van der Waals surface area contributed by atoms with Crippen molar-refractivity contribution in [3.05, 3.63) is 29.6 Å². The fraction of sp³-hybridized carbons (Fsp3) is 0.562. The molecule has 0 aliphatic carbocycles. The van der Waals surface area contributed by atoms with Crippen LogP contribution in [0.5, 0.6) is 0 Å². The molecule has 0 saturated carbocycles. The van der Waals surface area contributed by atoms with Gasteiger partial charge in [0, 0.05) is 11.5 Å². The second-order valence-electron chi connectivity index (χ2n) is 6.61. The van der Waals surface area contributed by atoms with Crippen LogP contribution in [-0.2, 0) is 5.41 Å². The maximum atomic E-state index is 4.69. The molecular formula is C16H23N3. The molecule has 1 aliphatic rings. The Balaban J connectivity index is 1.96. The fourth-order valence-electron chi connectivity index (χ4n) is 2.74. The van der Waals surface area contributed by atoms with Crippen molar-refractivity contribution in [2.75, 3.05) is 6.54 Å². The highest BCUT2D eigenvalue weighted by atomic mass is 14.9. The van der Waals surface area contributed by atoms with Crippen molar-refractivity contribution in [3.8, 4) is 0 Å². The van der Waals surface area contributed by atoms with Gasteiger partial charge in [-0.3, -0.25) is 0 Å². The zero-order valence-corrected chi connectivity index (χ0v) is 12.1. The molecule has 0 amide bonds. The van der Waals surface area contributed by atoms with Gasteiger partial charge in [0.05, 0.1) is 11.0 Å². The van der Waals surface area contributed by atoms with Crippen LogP contribution in [0.1, 0.15) is 57.5 Å². The normalized spacial score (nSPS) is 20.9. The zero-order valence-electron chi connectivity index (χ0n) is 12.1. The van der Waals surface area contributed by atoms with E-state index in [-0.39, 0.29) is 5.41 Å². The molecular weight excluding hydrogens is 234 g/mol. The molecule has 1 unspecified atom stereocenters. The van der Waals surface area contributed by atoms with Gasteiger partial charge in [-0.15, -0.1) is 0 Å². The number of imidazole rings is 1. The summed E-state index contributed by atoms with van der Waals surface area (Å²) in [6, 6.07) is 7.14. The predicted molar refractivity (Wildman–Crippen MR) is 79.4 cm³/mol. The summed E-state index contributed by atoms with van der Waals surface area (Å²) in [4.78, 5) is 8.17. The highest BCUT2D eigenvalue weighted by Gasteiger charge is 2.19. The van der Waals surface area contributed by atoms with Gasteiger partial charge in [0.25, 0.3) is 0 Å². The summed E-state index contributed by atoms with van der Waals surface area (Å²) < 4.78 is 0. The van der Waals surface area contributed by atoms with Crippen LogP contribution >= 0.6 is 0 Å². The van der Waals surface area contributed by atoms with Crippen LogP contribution in [0.2, 0.25) is 0 Å². The molecule has 1 atom stereocenters. The van der Waals surface area contributed by atoms with Crippen molar-refractivity contribution >= 4 is 11.0 Å². The number of fused-ring (bicyclic) bond motifs is 1. The molecule has 3 rings (SSSR count). The van der Waals surface area contributed by atoms with E-state index in [0.717, 1.165) is 23.4 Å².